The Balaban J connectivity index is 1.56. The molecule has 2 N–H and O–H groups in total. The third-order valence-corrected chi connectivity index (χ3v) is 5.31. The van der Waals surface area contributed by atoms with Crippen LogP contribution in [0.1, 0.15) is 24.1 Å². The molecule has 1 saturated heterocycles. The topological polar surface area (TPSA) is 95.9 Å². The van der Waals surface area contributed by atoms with Gasteiger partial charge in [-0.1, -0.05) is 6.07 Å². The van der Waals surface area contributed by atoms with Gasteiger partial charge in [-0.25, -0.2) is 19.9 Å². The standard InChI is InChI=1S/C22H22F3N7O/c1-13-8-14(10-16(9-13)30-20-27-6-5-18(31-20)22(23,24)25)15-11-28-21(29-12-15)32-7-3-4-17(32)19(33)26-2/h5-6,8-12,17H,3-4,7H2,1-2H3,(H,26,33)(H,27,30,31). The number of likely N-dealkylation sites (N-methyl/N-ethyl adjacent to an activating group) is 1. The number of halogens is 3. The summed E-state index contributed by atoms with van der Waals surface area (Å²) < 4.78 is 38.8. The quantitative estimate of drug-likeness (QED) is 0.603. The fraction of sp³-hybridized carbons (Fsp3) is 0.318. The predicted molar refractivity (Wildman–Crippen MR) is 117 cm³/mol. The van der Waals surface area contributed by atoms with Crippen LogP contribution in [0.5, 0.6) is 0 Å². The molecule has 0 aliphatic carbocycles. The lowest BCUT2D eigenvalue weighted by atomic mass is 10.1. The van der Waals surface area contributed by atoms with E-state index in [1.54, 1.807) is 31.6 Å². The number of benzene rings is 1. The van der Waals surface area contributed by atoms with Crippen molar-refractivity contribution in [3.63, 3.8) is 0 Å². The summed E-state index contributed by atoms with van der Waals surface area (Å²) in [6, 6.07) is 5.99. The lowest BCUT2D eigenvalue weighted by molar-refractivity contribution is -0.141. The summed E-state index contributed by atoms with van der Waals surface area (Å²) in [4.78, 5) is 30.3. The molecule has 1 aromatic carbocycles. The molecular formula is C22H22F3N7O. The van der Waals surface area contributed by atoms with Crippen molar-refractivity contribution in [1.82, 2.24) is 25.3 Å². The summed E-state index contributed by atoms with van der Waals surface area (Å²) in [6.45, 7) is 2.57. The number of anilines is 3. The van der Waals surface area contributed by atoms with Crippen LogP contribution in [-0.2, 0) is 11.0 Å². The van der Waals surface area contributed by atoms with Crippen molar-refractivity contribution in [3.05, 3.63) is 54.1 Å². The van der Waals surface area contributed by atoms with Gasteiger partial charge in [0.2, 0.25) is 17.8 Å². The van der Waals surface area contributed by atoms with Crippen LogP contribution in [0.3, 0.4) is 0 Å². The minimum atomic E-state index is -4.55. The van der Waals surface area contributed by atoms with Crippen molar-refractivity contribution in [3.8, 4) is 11.1 Å². The average molecular weight is 457 g/mol. The van der Waals surface area contributed by atoms with E-state index in [4.69, 9.17) is 0 Å². The number of carbonyl (C=O) groups is 1. The van der Waals surface area contributed by atoms with Crippen molar-refractivity contribution < 1.29 is 18.0 Å². The van der Waals surface area contributed by atoms with E-state index in [-0.39, 0.29) is 17.9 Å². The highest BCUT2D eigenvalue weighted by Crippen LogP contribution is 2.30. The molecule has 1 aliphatic heterocycles. The van der Waals surface area contributed by atoms with Crippen LogP contribution in [0, 0.1) is 6.92 Å². The number of nitrogens with zero attached hydrogens (tertiary/aromatic N) is 5. The van der Waals surface area contributed by atoms with E-state index in [9.17, 15) is 18.0 Å². The zero-order valence-corrected chi connectivity index (χ0v) is 18.0. The number of alkyl halides is 3. The molecule has 0 spiro atoms. The fourth-order valence-corrected chi connectivity index (χ4v) is 3.79. The lowest BCUT2D eigenvalue weighted by Crippen LogP contribution is -2.42. The second-order valence-electron chi connectivity index (χ2n) is 7.71. The van der Waals surface area contributed by atoms with Gasteiger partial charge >= 0.3 is 6.18 Å². The Hall–Kier alpha value is -3.76. The van der Waals surface area contributed by atoms with E-state index < -0.39 is 11.9 Å². The van der Waals surface area contributed by atoms with Crippen LogP contribution in [0.4, 0.5) is 30.8 Å². The molecule has 11 heteroatoms. The normalized spacial score (nSPS) is 16.0. The van der Waals surface area contributed by atoms with Crippen molar-refractivity contribution in [2.45, 2.75) is 32.0 Å². The summed E-state index contributed by atoms with van der Waals surface area (Å²) in [5, 5.41) is 5.50. The van der Waals surface area contributed by atoms with Crippen LogP contribution >= 0.6 is 0 Å². The van der Waals surface area contributed by atoms with Gasteiger partial charge in [0.15, 0.2) is 0 Å². The predicted octanol–water partition coefficient (Wildman–Crippen LogP) is 3.72. The number of aromatic nitrogens is 4. The first-order valence-electron chi connectivity index (χ1n) is 10.3. The first-order valence-corrected chi connectivity index (χ1v) is 10.3. The van der Waals surface area contributed by atoms with Gasteiger partial charge in [-0.05, 0) is 49.1 Å². The summed E-state index contributed by atoms with van der Waals surface area (Å²) in [5.74, 6) is 0.266. The Kier molecular flexibility index (Phi) is 6.12. The van der Waals surface area contributed by atoms with Crippen molar-refractivity contribution in [2.24, 2.45) is 0 Å². The summed E-state index contributed by atoms with van der Waals surface area (Å²) >= 11 is 0. The average Bonchev–Trinajstić information content (AvgIpc) is 3.28. The number of hydrogen-bond donors (Lipinski definition) is 2. The molecule has 172 valence electrons. The zero-order valence-electron chi connectivity index (χ0n) is 18.0. The first-order chi connectivity index (χ1) is 15.7. The molecule has 8 nitrogen and oxygen atoms in total. The number of aryl methyl sites for hydroxylation is 1. The number of hydrogen-bond acceptors (Lipinski definition) is 7. The summed E-state index contributed by atoms with van der Waals surface area (Å²) in [7, 11) is 1.61. The number of rotatable bonds is 5. The molecular weight excluding hydrogens is 435 g/mol. The van der Waals surface area contributed by atoms with Gasteiger partial charge in [-0.2, -0.15) is 13.2 Å². The van der Waals surface area contributed by atoms with E-state index >= 15 is 0 Å². The molecule has 0 radical (unpaired) electrons. The Morgan fingerprint density at radius 3 is 2.58 bits per heavy atom. The van der Waals surface area contributed by atoms with Crippen LogP contribution < -0.4 is 15.5 Å². The summed E-state index contributed by atoms with van der Waals surface area (Å²) in [6.07, 6.45) is 1.47. The van der Waals surface area contributed by atoms with Gasteiger partial charge in [-0.3, -0.25) is 4.79 Å². The molecule has 3 heterocycles. The van der Waals surface area contributed by atoms with Gasteiger partial charge < -0.3 is 15.5 Å². The largest absolute Gasteiger partial charge is 0.433 e. The van der Waals surface area contributed by atoms with Gasteiger partial charge in [0.25, 0.3) is 0 Å². The highest BCUT2D eigenvalue weighted by molar-refractivity contribution is 5.85. The molecule has 2 aromatic heterocycles. The molecule has 0 saturated carbocycles. The Labute approximate surface area is 188 Å². The maximum absolute atomic E-state index is 12.9. The SMILES string of the molecule is CNC(=O)C1CCCN1c1ncc(-c2cc(C)cc(Nc3nccc(C(F)(F)F)n3)c2)cn1. The van der Waals surface area contributed by atoms with Gasteiger partial charge in [-0.15, -0.1) is 0 Å². The van der Waals surface area contributed by atoms with Crippen LogP contribution in [0.25, 0.3) is 11.1 Å². The molecule has 33 heavy (non-hydrogen) atoms. The second-order valence-corrected chi connectivity index (χ2v) is 7.71. The summed E-state index contributed by atoms with van der Waals surface area (Å²) in [5.41, 5.74) is 1.90. The highest BCUT2D eigenvalue weighted by atomic mass is 19.4. The first kappa shape index (κ1) is 22.4. The fourth-order valence-electron chi connectivity index (χ4n) is 3.79. The van der Waals surface area contributed by atoms with Crippen molar-refractivity contribution in [1.29, 1.82) is 0 Å². The zero-order chi connectivity index (χ0) is 23.6. The van der Waals surface area contributed by atoms with Crippen molar-refractivity contribution >= 4 is 23.5 Å². The van der Waals surface area contributed by atoms with Crippen LogP contribution in [0.2, 0.25) is 0 Å². The third kappa shape index (κ3) is 5.02. The van der Waals surface area contributed by atoms with Crippen LogP contribution in [-0.4, -0.2) is 45.5 Å². The molecule has 3 aromatic rings. The minimum Gasteiger partial charge on any atom is -0.357 e. The second kappa shape index (κ2) is 9.00. The Bertz CT molecular complexity index is 1150. The maximum Gasteiger partial charge on any atom is 0.433 e. The smallest absolute Gasteiger partial charge is 0.357 e. The van der Waals surface area contributed by atoms with E-state index in [2.05, 4.69) is 30.6 Å². The van der Waals surface area contributed by atoms with E-state index in [0.29, 0.717) is 18.2 Å². The van der Waals surface area contributed by atoms with E-state index in [0.717, 1.165) is 41.8 Å². The number of nitrogens with one attached hydrogen (secondary N) is 2. The minimum absolute atomic E-state index is 0.0635. The van der Waals surface area contributed by atoms with Gasteiger partial charge in [0.05, 0.1) is 0 Å². The molecule has 0 bridgehead atoms. The maximum atomic E-state index is 12.9. The number of amides is 1. The van der Waals surface area contributed by atoms with Gasteiger partial charge in [0.1, 0.15) is 11.7 Å². The molecule has 1 aliphatic rings. The Morgan fingerprint density at radius 2 is 1.88 bits per heavy atom. The van der Waals surface area contributed by atoms with Crippen LogP contribution in [0.15, 0.2) is 42.9 Å². The molecule has 4 rings (SSSR count). The van der Waals surface area contributed by atoms with E-state index in [1.807, 2.05) is 17.9 Å². The monoisotopic (exact) mass is 457 g/mol. The number of carbonyl (C=O) groups excluding carboxylic acids is 1. The van der Waals surface area contributed by atoms with Crippen molar-refractivity contribution in [2.75, 3.05) is 23.8 Å². The lowest BCUT2D eigenvalue weighted by Gasteiger charge is -2.23. The highest BCUT2D eigenvalue weighted by Gasteiger charge is 2.33. The molecule has 1 unspecified atom stereocenters. The molecule has 1 amide bonds. The van der Waals surface area contributed by atoms with E-state index in [1.165, 1.54) is 0 Å². The molecule has 1 atom stereocenters. The van der Waals surface area contributed by atoms with Gasteiger partial charge in [0, 0.05) is 43.4 Å². The molecule has 1 fully saturated rings. The third-order valence-electron chi connectivity index (χ3n) is 5.31. The Morgan fingerprint density at radius 1 is 1.12 bits per heavy atom.